The average molecular weight is 428 g/mol. The standard InChI is InChI=1S/C24H17N3OS2/c1-2-13-27-20-10-5-6-11-22(20)30-24(27)26-23(28)17-15-19(21-12-7-14-29-21)25-18-9-4-3-8-16(17)18/h2-12,14-15H,1,13H2. The van der Waals surface area contributed by atoms with Crippen LogP contribution in [0.15, 0.2) is 89.8 Å². The van der Waals surface area contributed by atoms with Gasteiger partial charge in [-0.2, -0.15) is 4.99 Å². The Balaban J connectivity index is 1.72. The molecule has 3 heterocycles. The summed E-state index contributed by atoms with van der Waals surface area (Å²) in [6, 6.07) is 21.6. The fourth-order valence-electron chi connectivity index (χ4n) is 3.46. The number of aromatic nitrogens is 2. The molecule has 146 valence electrons. The molecule has 0 aliphatic rings. The summed E-state index contributed by atoms with van der Waals surface area (Å²) in [7, 11) is 0. The molecule has 30 heavy (non-hydrogen) atoms. The average Bonchev–Trinajstić information content (AvgIpc) is 3.42. The molecule has 5 aromatic rings. The predicted octanol–water partition coefficient (Wildman–Crippen LogP) is 5.91. The van der Waals surface area contributed by atoms with E-state index >= 15 is 0 Å². The topological polar surface area (TPSA) is 47.2 Å². The summed E-state index contributed by atoms with van der Waals surface area (Å²) in [5, 5.41) is 2.82. The van der Waals surface area contributed by atoms with Crippen LogP contribution in [0.3, 0.4) is 0 Å². The molecule has 0 aliphatic carbocycles. The maximum absolute atomic E-state index is 13.4. The van der Waals surface area contributed by atoms with Crippen molar-refractivity contribution in [3.63, 3.8) is 0 Å². The largest absolute Gasteiger partial charge is 0.312 e. The zero-order valence-electron chi connectivity index (χ0n) is 16.0. The second-order valence-electron chi connectivity index (χ2n) is 6.72. The molecule has 2 aromatic carbocycles. The van der Waals surface area contributed by atoms with Gasteiger partial charge < -0.3 is 4.57 Å². The van der Waals surface area contributed by atoms with Gasteiger partial charge in [0.15, 0.2) is 4.80 Å². The molecule has 6 heteroatoms. The van der Waals surface area contributed by atoms with Gasteiger partial charge in [-0.25, -0.2) is 4.98 Å². The lowest BCUT2D eigenvalue weighted by Crippen LogP contribution is -2.16. The summed E-state index contributed by atoms with van der Waals surface area (Å²) in [6.45, 7) is 4.44. The van der Waals surface area contributed by atoms with E-state index in [0.717, 1.165) is 31.7 Å². The van der Waals surface area contributed by atoms with Crippen LogP contribution in [-0.4, -0.2) is 15.5 Å². The van der Waals surface area contributed by atoms with Crippen molar-refractivity contribution in [1.29, 1.82) is 0 Å². The quantitative estimate of drug-likeness (QED) is 0.335. The van der Waals surface area contributed by atoms with Crippen molar-refractivity contribution in [2.45, 2.75) is 6.54 Å². The number of thiazole rings is 1. The van der Waals surface area contributed by atoms with Crippen LogP contribution in [-0.2, 0) is 6.54 Å². The molecular weight excluding hydrogens is 410 g/mol. The molecule has 0 aliphatic heterocycles. The smallest absolute Gasteiger partial charge is 0.280 e. The molecule has 0 saturated carbocycles. The van der Waals surface area contributed by atoms with Gasteiger partial charge in [-0.1, -0.05) is 53.8 Å². The van der Waals surface area contributed by atoms with E-state index in [9.17, 15) is 4.79 Å². The third-order valence-corrected chi connectivity index (χ3v) is 6.77. The molecule has 0 saturated heterocycles. The predicted molar refractivity (Wildman–Crippen MR) is 125 cm³/mol. The van der Waals surface area contributed by atoms with Crippen LogP contribution < -0.4 is 4.80 Å². The minimum Gasteiger partial charge on any atom is -0.312 e. The van der Waals surface area contributed by atoms with Crippen LogP contribution in [0.5, 0.6) is 0 Å². The Bertz CT molecular complexity index is 1460. The monoisotopic (exact) mass is 427 g/mol. The van der Waals surface area contributed by atoms with Gasteiger partial charge in [0.25, 0.3) is 5.91 Å². The van der Waals surface area contributed by atoms with Gasteiger partial charge in [0.2, 0.25) is 0 Å². The molecule has 0 atom stereocenters. The van der Waals surface area contributed by atoms with Crippen molar-refractivity contribution >= 4 is 49.7 Å². The Kier molecular flexibility index (Phi) is 4.86. The molecule has 0 bridgehead atoms. The molecule has 0 N–H and O–H groups in total. The highest BCUT2D eigenvalue weighted by Gasteiger charge is 2.15. The first-order valence-electron chi connectivity index (χ1n) is 9.46. The lowest BCUT2D eigenvalue weighted by atomic mass is 10.1. The van der Waals surface area contributed by atoms with E-state index in [2.05, 4.69) is 11.6 Å². The molecule has 1 amide bonds. The number of benzene rings is 2. The molecule has 5 rings (SSSR count). The zero-order valence-corrected chi connectivity index (χ0v) is 17.6. The fourth-order valence-corrected chi connectivity index (χ4v) is 5.19. The van der Waals surface area contributed by atoms with Crippen molar-refractivity contribution < 1.29 is 4.79 Å². The van der Waals surface area contributed by atoms with E-state index in [0.29, 0.717) is 16.9 Å². The number of allylic oxidation sites excluding steroid dienone is 1. The highest BCUT2D eigenvalue weighted by atomic mass is 32.1. The van der Waals surface area contributed by atoms with E-state index in [-0.39, 0.29) is 5.91 Å². The summed E-state index contributed by atoms with van der Waals surface area (Å²) >= 11 is 3.11. The highest BCUT2D eigenvalue weighted by molar-refractivity contribution is 7.16. The second kappa shape index (κ2) is 7.82. The Morgan fingerprint density at radius 1 is 1.10 bits per heavy atom. The van der Waals surface area contributed by atoms with Gasteiger partial charge in [-0.15, -0.1) is 17.9 Å². The van der Waals surface area contributed by atoms with Crippen LogP contribution in [0.2, 0.25) is 0 Å². The first-order chi connectivity index (χ1) is 14.7. The van der Waals surface area contributed by atoms with E-state index in [4.69, 9.17) is 4.98 Å². The van der Waals surface area contributed by atoms with E-state index in [1.807, 2.05) is 82.8 Å². The second-order valence-corrected chi connectivity index (χ2v) is 8.67. The first-order valence-corrected chi connectivity index (χ1v) is 11.2. The summed E-state index contributed by atoms with van der Waals surface area (Å²) in [4.78, 5) is 24.3. The van der Waals surface area contributed by atoms with E-state index < -0.39 is 0 Å². The number of thiophene rings is 1. The molecule has 0 spiro atoms. The SMILES string of the molecule is C=CCn1c(=NC(=O)c2cc(-c3cccs3)nc3ccccc23)sc2ccccc21. The van der Waals surface area contributed by atoms with Crippen molar-refractivity contribution in [1.82, 2.24) is 9.55 Å². The minimum atomic E-state index is -0.268. The number of nitrogens with zero attached hydrogens (tertiary/aromatic N) is 3. The fraction of sp³-hybridized carbons (Fsp3) is 0.0417. The lowest BCUT2D eigenvalue weighted by molar-refractivity contribution is 0.0999. The lowest BCUT2D eigenvalue weighted by Gasteiger charge is -2.06. The normalized spacial score (nSPS) is 11.9. The Morgan fingerprint density at radius 2 is 1.93 bits per heavy atom. The van der Waals surface area contributed by atoms with Crippen molar-refractivity contribution in [2.75, 3.05) is 0 Å². The number of hydrogen-bond acceptors (Lipinski definition) is 4. The summed E-state index contributed by atoms with van der Waals surface area (Å²) < 4.78 is 3.11. The number of pyridine rings is 1. The van der Waals surface area contributed by atoms with Crippen LogP contribution >= 0.6 is 22.7 Å². The van der Waals surface area contributed by atoms with Crippen molar-refractivity contribution in [3.05, 3.63) is 95.1 Å². The van der Waals surface area contributed by atoms with Gasteiger partial charge in [0.05, 0.1) is 31.9 Å². The van der Waals surface area contributed by atoms with Gasteiger partial charge in [0, 0.05) is 11.9 Å². The number of carbonyl (C=O) groups excluding carboxylic acids is 1. The highest BCUT2D eigenvalue weighted by Crippen LogP contribution is 2.28. The van der Waals surface area contributed by atoms with Crippen LogP contribution in [0.4, 0.5) is 0 Å². The van der Waals surface area contributed by atoms with Gasteiger partial charge in [0.1, 0.15) is 0 Å². The molecule has 0 fully saturated rings. The third-order valence-electron chi connectivity index (χ3n) is 4.82. The van der Waals surface area contributed by atoms with Crippen molar-refractivity contribution in [3.8, 4) is 10.6 Å². The van der Waals surface area contributed by atoms with E-state index in [1.165, 1.54) is 11.3 Å². The number of fused-ring (bicyclic) bond motifs is 2. The van der Waals surface area contributed by atoms with E-state index in [1.54, 1.807) is 11.3 Å². The van der Waals surface area contributed by atoms with Crippen LogP contribution in [0.25, 0.3) is 31.7 Å². The number of para-hydroxylation sites is 2. The minimum absolute atomic E-state index is 0.268. The molecule has 0 radical (unpaired) electrons. The number of amides is 1. The Hall–Kier alpha value is -3.35. The number of carbonyl (C=O) groups is 1. The number of hydrogen-bond donors (Lipinski definition) is 0. The molecule has 0 unspecified atom stereocenters. The summed E-state index contributed by atoms with van der Waals surface area (Å²) in [5.41, 5.74) is 3.19. The maximum Gasteiger partial charge on any atom is 0.280 e. The molecule has 4 nitrogen and oxygen atoms in total. The van der Waals surface area contributed by atoms with Crippen molar-refractivity contribution in [2.24, 2.45) is 4.99 Å². The van der Waals surface area contributed by atoms with Gasteiger partial charge in [-0.05, 0) is 35.7 Å². The number of rotatable bonds is 4. The molecule has 3 aromatic heterocycles. The van der Waals surface area contributed by atoms with Crippen LogP contribution in [0, 0.1) is 0 Å². The maximum atomic E-state index is 13.4. The zero-order chi connectivity index (χ0) is 20.5. The molecular formula is C24H17N3OS2. The van der Waals surface area contributed by atoms with Gasteiger partial charge in [-0.3, -0.25) is 4.79 Å². The summed E-state index contributed by atoms with van der Waals surface area (Å²) in [6.07, 6.45) is 1.82. The Labute approximate surface area is 181 Å². The Morgan fingerprint density at radius 3 is 2.77 bits per heavy atom. The summed E-state index contributed by atoms with van der Waals surface area (Å²) in [5.74, 6) is -0.268. The van der Waals surface area contributed by atoms with Crippen LogP contribution in [0.1, 0.15) is 10.4 Å². The first kappa shape index (κ1) is 18.7. The third kappa shape index (κ3) is 3.30. The van der Waals surface area contributed by atoms with Gasteiger partial charge >= 0.3 is 0 Å².